The Kier molecular flexibility index (Phi) is 6.97. The number of para-hydroxylation sites is 1. The monoisotopic (exact) mass is 422 g/mol. The molecule has 0 atom stereocenters. The van der Waals surface area contributed by atoms with Crippen LogP contribution >= 0.6 is 0 Å². The Morgan fingerprint density at radius 2 is 1.55 bits per heavy atom. The van der Waals surface area contributed by atoms with Crippen molar-refractivity contribution >= 4 is 17.3 Å². The first-order valence-electron chi connectivity index (χ1n) is 11.4. The Balaban J connectivity index is 1.29. The molecule has 0 unspecified atom stereocenters. The number of aromatic hydroxyl groups is 1. The topological polar surface area (TPSA) is 50.3 Å². The van der Waals surface area contributed by atoms with E-state index in [1.165, 1.54) is 30.5 Å². The maximum atomic E-state index is 12.9. The van der Waals surface area contributed by atoms with E-state index in [1.54, 1.807) is 12.1 Å². The number of nitrogens with zero attached hydrogens (tertiary/aromatic N) is 4. The van der Waals surface area contributed by atoms with Crippen LogP contribution in [0, 0.1) is 0 Å². The molecule has 0 bridgehead atoms. The van der Waals surface area contributed by atoms with Gasteiger partial charge in [0.2, 0.25) is 5.91 Å². The molecule has 2 aliphatic heterocycles. The predicted molar refractivity (Wildman–Crippen MR) is 126 cm³/mol. The van der Waals surface area contributed by atoms with Crippen LogP contribution < -0.4 is 9.80 Å². The van der Waals surface area contributed by atoms with Crippen LogP contribution in [0.2, 0.25) is 0 Å². The molecule has 0 spiro atoms. The maximum Gasteiger partial charge on any atom is 0.236 e. The summed E-state index contributed by atoms with van der Waals surface area (Å²) in [6.45, 7) is 6.58. The molecule has 1 amide bonds. The van der Waals surface area contributed by atoms with Gasteiger partial charge in [0.05, 0.1) is 6.54 Å². The molecule has 166 valence electrons. The van der Waals surface area contributed by atoms with Gasteiger partial charge in [-0.05, 0) is 62.2 Å². The van der Waals surface area contributed by atoms with E-state index in [-0.39, 0.29) is 11.7 Å². The summed E-state index contributed by atoms with van der Waals surface area (Å²) in [4.78, 5) is 21.8. The lowest BCUT2D eigenvalue weighted by atomic mass is 10.1. The average Bonchev–Trinajstić information content (AvgIpc) is 2.80. The smallest absolute Gasteiger partial charge is 0.236 e. The van der Waals surface area contributed by atoms with Crippen molar-refractivity contribution in [2.24, 2.45) is 0 Å². The van der Waals surface area contributed by atoms with E-state index in [9.17, 15) is 9.90 Å². The minimum absolute atomic E-state index is 0.198. The molecule has 0 saturated carbocycles. The fourth-order valence-corrected chi connectivity index (χ4v) is 4.64. The molecule has 0 aliphatic carbocycles. The molecule has 6 nitrogen and oxygen atoms in total. The number of piperidine rings is 1. The number of phenolic OH excluding ortho intramolecular Hbond substituents is 1. The number of carbonyl (C=O) groups excluding carboxylic acids is 1. The number of piperazine rings is 1. The molecule has 0 aromatic heterocycles. The Hall–Kier alpha value is -2.73. The minimum Gasteiger partial charge on any atom is -0.508 e. The fourth-order valence-electron chi connectivity index (χ4n) is 4.64. The number of amides is 1. The van der Waals surface area contributed by atoms with Crippen molar-refractivity contribution in [3.05, 3.63) is 54.1 Å². The summed E-state index contributed by atoms with van der Waals surface area (Å²) in [5, 5.41) is 9.47. The zero-order valence-electron chi connectivity index (χ0n) is 18.5. The lowest BCUT2D eigenvalue weighted by molar-refractivity contribution is -0.132. The molecular formula is C25H34N4O2. The summed E-state index contributed by atoms with van der Waals surface area (Å²) in [6, 6.07) is 15.9. The Morgan fingerprint density at radius 3 is 2.26 bits per heavy atom. The van der Waals surface area contributed by atoms with E-state index in [4.69, 9.17) is 0 Å². The number of hydrogen-bond donors (Lipinski definition) is 1. The van der Waals surface area contributed by atoms with E-state index in [2.05, 4.69) is 39.0 Å². The van der Waals surface area contributed by atoms with Gasteiger partial charge in [-0.1, -0.05) is 18.2 Å². The second kappa shape index (κ2) is 10.1. The summed E-state index contributed by atoms with van der Waals surface area (Å²) >= 11 is 0. The third kappa shape index (κ3) is 5.50. The van der Waals surface area contributed by atoms with Gasteiger partial charge in [-0.2, -0.15) is 0 Å². The molecule has 2 saturated heterocycles. The van der Waals surface area contributed by atoms with E-state index >= 15 is 0 Å². The number of anilines is 2. The van der Waals surface area contributed by atoms with Gasteiger partial charge in [-0.25, -0.2) is 0 Å². The molecule has 4 rings (SSSR count). The summed E-state index contributed by atoms with van der Waals surface area (Å²) in [5.74, 6) is 0.478. The van der Waals surface area contributed by atoms with Gasteiger partial charge in [-0.3, -0.25) is 9.69 Å². The Bertz CT molecular complexity index is 856. The van der Waals surface area contributed by atoms with Crippen molar-refractivity contribution in [2.45, 2.75) is 25.8 Å². The van der Waals surface area contributed by atoms with E-state index < -0.39 is 0 Å². The molecule has 2 aromatic rings. The highest BCUT2D eigenvalue weighted by atomic mass is 16.3. The number of likely N-dealkylation sites (N-methyl/N-ethyl adjacent to an activating group) is 1. The second-order valence-electron chi connectivity index (χ2n) is 8.73. The fraction of sp³-hybridized carbons (Fsp3) is 0.480. The van der Waals surface area contributed by atoms with Gasteiger partial charge in [0, 0.05) is 57.2 Å². The van der Waals surface area contributed by atoms with Gasteiger partial charge < -0.3 is 19.8 Å². The van der Waals surface area contributed by atoms with Crippen LogP contribution in [-0.4, -0.2) is 73.7 Å². The first-order valence-corrected chi connectivity index (χ1v) is 11.4. The highest BCUT2D eigenvalue weighted by Crippen LogP contribution is 2.25. The number of carbonyl (C=O) groups is 1. The number of phenols is 1. The largest absolute Gasteiger partial charge is 0.508 e. The summed E-state index contributed by atoms with van der Waals surface area (Å²) in [6.07, 6.45) is 3.85. The number of hydrogen-bond acceptors (Lipinski definition) is 5. The SMILES string of the molecule is CN(CC(=O)N1CCN(c2ccc(O)cc2)CC1)Cc1ccccc1N1CCCCC1. The van der Waals surface area contributed by atoms with Crippen LogP contribution in [0.1, 0.15) is 24.8 Å². The quantitative estimate of drug-likeness (QED) is 0.775. The van der Waals surface area contributed by atoms with Crippen LogP contribution in [0.3, 0.4) is 0 Å². The molecule has 2 fully saturated rings. The van der Waals surface area contributed by atoms with Crippen molar-refractivity contribution in [3.63, 3.8) is 0 Å². The zero-order valence-corrected chi connectivity index (χ0v) is 18.5. The Labute approximate surface area is 185 Å². The first kappa shape index (κ1) is 21.5. The number of rotatable bonds is 6. The van der Waals surface area contributed by atoms with Crippen LogP contribution in [0.4, 0.5) is 11.4 Å². The van der Waals surface area contributed by atoms with Gasteiger partial charge in [-0.15, -0.1) is 0 Å². The third-order valence-corrected chi connectivity index (χ3v) is 6.38. The molecule has 31 heavy (non-hydrogen) atoms. The van der Waals surface area contributed by atoms with Gasteiger partial charge in [0.15, 0.2) is 0 Å². The standard InChI is InChI=1S/C25H34N4O2/c1-26(19-21-7-3-4-8-24(21)28-13-5-2-6-14-28)20-25(31)29-17-15-27(16-18-29)22-9-11-23(30)12-10-22/h3-4,7-12,30H,2,5-6,13-20H2,1H3. The van der Waals surface area contributed by atoms with E-state index in [1.807, 2.05) is 24.1 Å². The zero-order chi connectivity index (χ0) is 21.6. The highest BCUT2D eigenvalue weighted by molar-refractivity contribution is 5.78. The molecular weight excluding hydrogens is 388 g/mol. The Morgan fingerprint density at radius 1 is 0.871 bits per heavy atom. The highest BCUT2D eigenvalue weighted by Gasteiger charge is 2.23. The average molecular weight is 423 g/mol. The third-order valence-electron chi connectivity index (χ3n) is 6.38. The van der Waals surface area contributed by atoms with Crippen LogP contribution in [-0.2, 0) is 11.3 Å². The summed E-state index contributed by atoms with van der Waals surface area (Å²) in [5.41, 5.74) is 3.72. The number of benzene rings is 2. The second-order valence-corrected chi connectivity index (χ2v) is 8.73. The summed E-state index contributed by atoms with van der Waals surface area (Å²) < 4.78 is 0. The van der Waals surface area contributed by atoms with Crippen LogP contribution in [0.15, 0.2) is 48.5 Å². The van der Waals surface area contributed by atoms with E-state index in [0.717, 1.165) is 51.5 Å². The molecule has 6 heteroatoms. The van der Waals surface area contributed by atoms with Crippen molar-refractivity contribution < 1.29 is 9.90 Å². The normalized spacial score (nSPS) is 17.3. The van der Waals surface area contributed by atoms with Crippen molar-refractivity contribution in [3.8, 4) is 5.75 Å². The lowest BCUT2D eigenvalue weighted by Crippen LogP contribution is -2.51. The van der Waals surface area contributed by atoms with Gasteiger partial charge >= 0.3 is 0 Å². The molecule has 2 heterocycles. The molecule has 0 radical (unpaired) electrons. The molecule has 2 aromatic carbocycles. The molecule has 2 aliphatic rings. The maximum absolute atomic E-state index is 12.9. The van der Waals surface area contributed by atoms with Gasteiger partial charge in [0.1, 0.15) is 5.75 Å². The molecule has 1 N–H and O–H groups in total. The van der Waals surface area contributed by atoms with Crippen molar-refractivity contribution in [2.75, 3.05) is 62.7 Å². The van der Waals surface area contributed by atoms with Crippen molar-refractivity contribution in [1.82, 2.24) is 9.80 Å². The van der Waals surface area contributed by atoms with E-state index in [0.29, 0.717) is 6.54 Å². The van der Waals surface area contributed by atoms with Crippen LogP contribution in [0.5, 0.6) is 5.75 Å². The lowest BCUT2D eigenvalue weighted by Gasteiger charge is -2.37. The van der Waals surface area contributed by atoms with Crippen molar-refractivity contribution in [1.29, 1.82) is 0 Å². The van der Waals surface area contributed by atoms with Crippen LogP contribution in [0.25, 0.3) is 0 Å². The van der Waals surface area contributed by atoms with Gasteiger partial charge in [0.25, 0.3) is 0 Å². The summed E-state index contributed by atoms with van der Waals surface area (Å²) in [7, 11) is 2.04. The first-order chi connectivity index (χ1) is 15.1. The minimum atomic E-state index is 0.198. The predicted octanol–water partition coefficient (Wildman–Crippen LogP) is 3.16.